The lowest BCUT2D eigenvalue weighted by molar-refractivity contribution is 0.548. The van der Waals surface area contributed by atoms with E-state index in [9.17, 15) is 8.42 Å². The van der Waals surface area contributed by atoms with Crippen molar-refractivity contribution in [3.63, 3.8) is 0 Å². The van der Waals surface area contributed by atoms with Gasteiger partial charge in [0, 0.05) is 5.25 Å². The lowest BCUT2D eigenvalue weighted by Gasteiger charge is -2.15. The van der Waals surface area contributed by atoms with Crippen LogP contribution in [0.25, 0.3) is 0 Å². The van der Waals surface area contributed by atoms with Crippen molar-refractivity contribution in [2.24, 2.45) is 0 Å². The Bertz CT molecular complexity index is 1120. The van der Waals surface area contributed by atoms with Gasteiger partial charge in [-0.15, -0.1) is 10.2 Å². The average molecular weight is 546 g/mol. The highest BCUT2D eigenvalue weighted by atomic mass is 32.2. The molecule has 1 N–H and O–H groups in total. The van der Waals surface area contributed by atoms with E-state index in [1.54, 1.807) is 36.0 Å². The number of thioether (sulfide) groups is 1. The largest absolute Gasteiger partial charge is 0.263 e. The van der Waals surface area contributed by atoms with Crippen LogP contribution in [0, 0.1) is 6.92 Å². The number of benzene rings is 2. The Kier molecular flexibility index (Phi) is 12.2. The first-order valence-corrected chi connectivity index (χ1v) is 16.3. The van der Waals surface area contributed by atoms with Crippen LogP contribution < -0.4 is 4.72 Å². The van der Waals surface area contributed by atoms with Crippen LogP contribution in [0.4, 0.5) is 5.13 Å². The molecule has 0 aliphatic carbocycles. The van der Waals surface area contributed by atoms with E-state index >= 15 is 0 Å². The molecule has 5 nitrogen and oxygen atoms in total. The number of rotatable bonds is 17. The van der Waals surface area contributed by atoms with Gasteiger partial charge in [-0.2, -0.15) is 0 Å². The van der Waals surface area contributed by atoms with Crippen molar-refractivity contribution in [3.05, 3.63) is 65.7 Å². The zero-order valence-corrected chi connectivity index (χ0v) is 23.9. The van der Waals surface area contributed by atoms with E-state index in [4.69, 9.17) is 0 Å². The molecule has 1 aromatic heterocycles. The lowest BCUT2D eigenvalue weighted by atomic mass is 10.0. The topological polar surface area (TPSA) is 72.0 Å². The van der Waals surface area contributed by atoms with E-state index in [0.29, 0.717) is 5.13 Å². The van der Waals surface area contributed by atoms with Crippen molar-refractivity contribution in [2.75, 3.05) is 4.72 Å². The van der Waals surface area contributed by atoms with Crippen LogP contribution in [-0.2, 0) is 10.0 Å². The monoisotopic (exact) mass is 545 g/mol. The van der Waals surface area contributed by atoms with Crippen molar-refractivity contribution in [1.29, 1.82) is 0 Å². The van der Waals surface area contributed by atoms with E-state index < -0.39 is 10.0 Å². The van der Waals surface area contributed by atoms with Crippen molar-refractivity contribution in [3.8, 4) is 0 Å². The second kappa shape index (κ2) is 15.4. The third-order valence-electron chi connectivity index (χ3n) is 6.19. The van der Waals surface area contributed by atoms with Gasteiger partial charge in [-0.25, -0.2) is 8.42 Å². The number of nitrogens with one attached hydrogen (secondary N) is 1. The van der Waals surface area contributed by atoms with E-state index in [-0.39, 0.29) is 10.1 Å². The molecular formula is C28H39N3O2S3. The summed E-state index contributed by atoms with van der Waals surface area (Å²) in [5.41, 5.74) is 2.29. The molecular weight excluding hydrogens is 507 g/mol. The fraction of sp³-hybridized carbons (Fsp3) is 0.500. The summed E-state index contributed by atoms with van der Waals surface area (Å²) < 4.78 is 28.8. The van der Waals surface area contributed by atoms with Crippen LogP contribution in [-0.4, -0.2) is 18.6 Å². The van der Waals surface area contributed by atoms with Gasteiger partial charge in [0.1, 0.15) is 0 Å². The zero-order chi connectivity index (χ0) is 25.6. The predicted octanol–water partition coefficient (Wildman–Crippen LogP) is 8.79. The third kappa shape index (κ3) is 9.87. The molecule has 0 amide bonds. The molecule has 8 heteroatoms. The van der Waals surface area contributed by atoms with E-state index in [2.05, 4.69) is 46.1 Å². The van der Waals surface area contributed by atoms with E-state index in [0.717, 1.165) is 16.3 Å². The fourth-order valence-electron chi connectivity index (χ4n) is 4.09. The van der Waals surface area contributed by atoms with Gasteiger partial charge >= 0.3 is 0 Å². The van der Waals surface area contributed by atoms with Crippen molar-refractivity contribution < 1.29 is 8.42 Å². The summed E-state index contributed by atoms with van der Waals surface area (Å²) in [6.07, 6.45) is 14.3. The fourth-order valence-corrected chi connectivity index (χ4v) is 7.48. The van der Waals surface area contributed by atoms with Gasteiger partial charge in [0.15, 0.2) is 4.34 Å². The minimum absolute atomic E-state index is 0.223. The van der Waals surface area contributed by atoms with Gasteiger partial charge in [-0.05, 0) is 31.0 Å². The van der Waals surface area contributed by atoms with Crippen molar-refractivity contribution in [2.45, 2.75) is 99.0 Å². The summed E-state index contributed by atoms with van der Waals surface area (Å²) in [7, 11) is -3.68. The number of nitrogens with zero attached hydrogens (tertiary/aromatic N) is 2. The molecule has 0 aliphatic rings. The van der Waals surface area contributed by atoms with Crippen LogP contribution in [0.5, 0.6) is 0 Å². The van der Waals surface area contributed by atoms with Crippen LogP contribution in [0.2, 0.25) is 0 Å². The van der Waals surface area contributed by atoms with E-state index in [1.165, 1.54) is 81.1 Å². The number of hydrogen-bond acceptors (Lipinski definition) is 6. The van der Waals surface area contributed by atoms with Crippen LogP contribution in [0.15, 0.2) is 63.8 Å². The normalized spacial score (nSPS) is 12.5. The molecule has 2 aromatic carbocycles. The average Bonchev–Trinajstić information content (AvgIpc) is 3.31. The van der Waals surface area contributed by atoms with Gasteiger partial charge in [0.05, 0.1) is 4.90 Å². The Morgan fingerprint density at radius 1 is 0.833 bits per heavy atom. The highest BCUT2D eigenvalue weighted by Gasteiger charge is 2.19. The SMILES string of the molecule is CCCCCCCCCCCCC(Sc1nnc(NS(=O)(=O)c2ccc(C)cc2)s1)c1ccccc1. The molecule has 1 heterocycles. The zero-order valence-electron chi connectivity index (χ0n) is 21.5. The van der Waals surface area contributed by atoms with Crippen LogP contribution in [0.3, 0.4) is 0 Å². The number of unbranched alkanes of at least 4 members (excludes halogenated alkanes) is 9. The summed E-state index contributed by atoms with van der Waals surface area (Å²) >= 11 is 2.97. The quantitative estimate of drug-likeness (QED) is 0.136. The van der Waals surface area contributed by atoms with Gasteiger partial charge in [-0.1, -0.05) is 142 Å². The Labute approximate surface area is 225 Å². The molecule has 36 heavy (non-hydrogen) atoms. The highest BCUT2D eigenvalue weighted by Crippen LogP contribution is 2.41. The van der Waals surface area contributed by atoms with Crippen molar-refractivity contribution in [1.82, 2.24) is 10.2 Å². The van der Waals surface area contributed by atoms with Crippen molar-refractivity contribution >= 4 is 38.3 Å². The first-order chi connectivity index (χ1) is 17.5. The standard InChI is InChI=1S/C28H39N3O2S3/c1-3-4-5-6-7-8-9-10-11-15-18-26(24-16-13-12-14-17-24)34-28-30-29-27(35-28)31-36(32,33)25-21-19-23(2)20-22-25/h12-14,16-17,19-22,26H,3-11,15,18H2,1-2H3,(H,29,31). The van der Waals surface area contributed by atoms with E-state index in [1.807, 2.05) is 13.0 Å². The minimum Gasteiger partial charge on any atom is -0.253 e. The van der Waals surface area contributed by atoms with Gasteiger partial charge in [0.2, 0.25) is 5.13 Å². The number of sulfonamides is 1. The maximum atomic E-state index is 12.7. The number of aromatic nitrogens is 2. The molecule has 0 saturated heterocycles. The van der Waals surface area contributed by atoms with Gasteiger partial charge in [-0.3, -0.25) is 4.72 Å². The predicted molar refractivity (Wildman–Crippen MR) is 153 cm³/mol. The first-order valence-electron chi connectivity index (χ1n) is 13.1. The lowest BCUT2D eigenvalue weighted by Crippen LogP contribution is -2.12. The maximum absolute atomic E-state index is 12.7. The third-order valence-corrected chi connectivity index (χ3v) is 9.93. The molecule has 3 rings (SSSR count). The van der Waals surface area contributed by atoms with Gasteiger partial charge < -0.3 is 0 Å². The molecule has 0 bridgehead atoms. The highest BCUT2D eigenvalue weighted by molar-refractivity contribution is 8.01. The number of anilines is 1. The van der Waals surface area contributed by atoms with Gasteiger partial charge in [0.25, 0.3) is 10.0 Å². The number of hydrogen-bond donors (Lipinski definition) is 1. The molecule has 1 atom stereocenters. The number of aryl methyl sites for hydroxylation is 1. The smallest absolute Gasteiger partial charge is 0.253 e. The molecule has 0 fully saturated rings. The first kappa shape index (κ1) is 28.7. The second-order valence-electron chi connectivity index (χ2n) is 9.28. The molecule has 1 unspecified atom stereocenters. The summed E-state index contributed by atoms with van der Waals surface area (Å²) in [6, 6.07) is 17.3. The van der Waals surface area contributed by atoms with Crippen LogP contribution >= 0.6 is 23.1 Å². The molecule has 0 saturated carbocycles. The summed E-state index contributed by atoms with van der Waals surface area (Å²) in [6.45, 7) is 4.19. The molecule has 0 aliphatic heterocycles. The second-order valence-corrected chi connectivity index (χ2v) is 13.4. The Morgan fingerprint density at radius 3 is 2.08 bits per heavy atom. The summed E-state index contributed by atoms with van der Waals surface area (Å²) in [4.78, 5) is 0.223. The Hall–Kier alpha value is -1.90. The Balaban J connectivity index is 1.51. The Morgan fingerprint density at radius 2 is 1.44 bits per heavy atom. The summed E-state index contributed by atoms with van der Waals surface area (Å²) in [5, 5.41) is 8.95. The molecule has 0 spiro atoms. The maximum Gasteiger partial charge on any atom is 0.263 e. The summed E-state index contributed by atoms with van der Waals surface area (Å²) in [5.74, 6) is 0. The molecule has 0 radical (unpaired) electrons. The molecule has 196 valence electrons. The van der Waals surface area contributed by atoms with Crippen LogP contribution in [0.1, 0.15) is 93.9 Å². The minimum atomic E-state index is -3.68. The molecule has 3 aromatic rings.